The topological polar surface area (TPSA) is 49.3 Å². The van der Waals surface area contributed by atoms with Crippen LogP contribution in [0.4, 0.5) is 0 Å². The third-order valence-electron chi connectivity index (χ3n) is 3.43. The van der Waals surface area contributed by atoms with Gasteiger partial charge in [-0.25, -0.2) is 0 Å². The molecule has 18 heavy (non-hydrogen) atoms. The molecule has 2 rings (SSSR count). The second kappa shape index (κ2) is 5.53. The number of nitrogens with one attached hydrogen (secondary N) is 1. The van der Waals surface area contributed by atoms with E-state index in [4.69, 9.17) is 0 Å². The zero-order valence-corrected chi connectivity index (χ0v) is 11.1. The van der Waals surface area contributed by atoms with E-state index in [2.05, 4.69) is 11.4 Å². The molecule has 0 radical (unpaired) electrons. The quantitative estimate of drug-likeness (QED) is 0.855. The predicted molar refractivity (Wildman–Crippen MR) is 71.7 cm³/mol. The molecule has 0 bridgehead atoms. The van der Waals surface area contributed by atoms with Gasteiger partial charge in [-0.15, -0.1) is 0 Å². The summed E-state index contributed by atoms with van der Waals surface area (Å²) in [5, 5.41) is 12.2. The van der Waals surface area contributed by atoms with Crippen molar-refractivity contribution in [3.63, 3.8) is 0 Å². The molecule has 3 heteroatoms. The van der Waals surface area contributed by atoms with E-state index in [1.165, 1.54) is 17.5 Å². The Bertz CT molecular complexity index is 440. The fourth-order valence-electron chi connectivity index (χ4n) is 2.59. The monoisotopic (exact) mass is 247 g/mol. The van der Waals surface area contributed by atoms with Crippen LogP contribution >= 0.6 is 0 Å². The van der Waals surface area contributed by atoms with Crippen molar-refractivity contribution in [2.45, 2.75) is 51.7 Å². The fourth-order valence-corrected chi connectivity index (χ4v) is 2.59. The van der Waals surface area contributed by atoms with Crippen molar-refractivity contribution in [1.29, 1.82) is 0 Å². The maximum absolute atomic E-state index is 12.0. The highest BCUT2D eigenvalue weighted by molar-refractivity contribution is 5.94. The molecule has 0 aromatic heterocycles. The van der Waals surface area contributed by atoms with Crippen LogP contribution in [-0.2, 0) is 12.8 Å². The minimum absolute atomic E-state index is 0.00856. The minimum atomic E-state index is -0.389. The maximum atomic E-state index is 12.0. The van der Waals surface area contributed by atoms with E-state index in [0.29, 0.717) is 6.42 Å². The van der Waals surface area contributed by atoms with Gasteiger partial charge in [-0.1, -0.05) is 6.07 Å². The van der Waals surface area contributed by atoms with Gasteiger partial charge in [-0.2, -0.15) is 0 Å². The van der Waals surface area contributed by atoms with E-state index in [1.807, 2.05) is 19.1 Å². The predicted octanol–water partition coefficient (Wildman–Crippen LogP) is 2.06. The molecule has 1 aromatic carbocycles. The first-order valence-corrected chi connectivity index (χ1v) is 6.67. The Morgan fingerprint density at radius 2 is 2.06 bits per heavy atom. The number of aryl methyl sites for hydroxylation is 2. The maximum Gasteiger partial charge on any atom is 0.251 e. The molecular formula is C15H21NO2. The minimum Gasteiger partial charge on any atom is -0.393 e. The van der Waals surface area contributed by atoms with Gasteiger partial charge in [0.05, 0.1) is 6.10 Å². The van der Waals surface area contributed by atoms with Crippen molar-refractivity contribution in [3.8, 4) is 0 Å². The lowest BCUT2D eigenvalue weighted by Gasteiger charge is -2.15. The summed E-state index contributed by atoms with van der Waals surface area (Å²) in [5.74, 6) is -0.0437. The van der Waals surface area contributed by atoms with E-state index in [9.17, 15) is 9.90 Å². The SMILES string of the molecule is CC(O)CC(C)NC(=O)c1ccc2c(c1)CCC2. The lowest BCUT2D eigenvalue weighted by Crippen LogP contribution is -2.34. The molecule has 2 unspecified atom stereocenters. The molecule has 98 valence electrons. The highest BCUT2D eigenvalue weighted by Crippen LogP contribution is 2.22. The van der Waals surface area contributed by atoms with Crippen molar-refractivity contribution in [1.82, 2.24) is 5.32 Å². The first kappa shape index (κ1) is 13.1. The van der Waals surface area contributed by atoms with E-state index < -0.39 is 0 Å². The molecule has 0 saturated heterocycles. The van der Waals surface area contributed by atoms with Crippen LogP contribution in [0.3, 0.4) is 0 Å². The number of carbonyl (C=O) groups excluding carboxylic acids is 1. The Labute approximate surface area is 108 Å². The summed E-state index contributed by atoms with van der Waals surface area (Å²) in [7, 11) is 0. The molecule has 1 aromatic rings. The van der Waals surface area contributed by atoms with Crippen LogP contribution in [0.5, 0.6) is 0 Å². The normalized spacial score (nSPS) is 17.1. The van der Waals surface area contributed by atoms with Crippen LogP contribution in [-0.4, -0.2) is 23.2 Å². The van der Waals surface area contributed by atoms with Crippen LogP contribution in [0.25, 0.3) is 0 Å². The number of rotatable bonds is 4. The molecular weight excluding hydrogens is 226 g/mol. The van der Waals surface area contributed by atoms with Crippen molar-refractivity contribution in [3.05, 3.63) is 34.9 Å². The number of carbonyl (C=O) groups is 1. The fraction of sp³-hybridized carbons (Fsp3) is 0.533. The third kappa shape index (κ3) is 3.10. The smallest absolute Gasteiger partial charge is 0.251 e. The van der Waals surface area contributed by atoms with Crippen LogP contribution < -0.4 is 5.32 Å². The molecule has 1 amide bonds. The van der Waals surface area contributed by atoms with Gasteiger partial charge < -0.3 is 10.4 Å². The average Bonchev–Trinajstić information content (AvgIpc) is 2.74. The molecule has 0 aliphatic heterocycles. The van der Waals surface area contributed by atoms with Crippen LogP contribution in [0.15, 0.2) is 18.2 Å². The van der Waals surface area contributed by atoms with Crippen LogP contribution in [0.1, 0.15) is 48.2 Å². The zero-order valence-electron chi connectivity index (χ0n) is 11.1. The number of hydrogen-bond donors (Lipinski definition) is 2. The van der Waals surface area contributed by atoms with Gasteiger partial charge in [0.1, 0.15) is 0 Å². The summed E-state index contributed by atoms with van der Waals surface area (Å²) in [6.07, 6.45) is 3.60. The molecule has 0 fully saturated rings. The third-order valence-corrected chi connectivity index (χ3v) is 3.43. The zero-order chi connectivity index (χ0) is 13.1. The number of amides is 1. The van der Waals surface area contributed by atoms with E-state index in [1.54, 1.807) is 6.92 Å². The molecule has 3 nitrogen and oxygen atoms in total. The standard InChI is InChI=1S/C15H21NO2/c1-10(8-11(2)17)16-15(18)14-7-6-12-4-3-5-13(12)9-14/h6-7,9-11,17H,3-5,8H2,1-2H3,(H,16,18). The number of fused-ring (bicyclic) bond motifs is 1. The largest absolute Gasteiger partial charge is 0.393 e. The first-order chi connectivity index (χ1) is 8.56. The van der Waals surface area contributed by atoms with Crippen LogP contribution in [0, 0.1) is 0 Å². The Morgan fingerprint density at radius 1 is 1.33 bits per heavy atom. The van der Waals surface area contributed by atoms with Crippen molar-refractivity contribution >= 4 is 5.91 Å². The van der Waals surface area contributed by atoms with Gasteiger partial charge in [-0.3, -0.25) is 4.79 Å². The molecule has 1 aliphatic carbocycles. The van der Waals surface area contributed by atoms with Gasteiger partial charge >= 0.3 is 0 Å². The van der Waals surface area contributed by atoms with Gasteiger partial charge in [0.25, 0.3) is 5.91 Å². The number of benzene rings is 1. The molecule has 2 N–H and O–H groups in total. The van der Waals surface area contributed by atoms with Gasteiger partial charge in [0.15, 0.2) is 0 Å². The highest BCUT2D eigenvalue weighted by atomic mass is 16.3. The number of aliphatic hydroxyl groups excluding tert-OH is 1. The van der Waals surface area contributed by atoms with E-state index in [-0.39, 0.29) is 18.1 Å². The molecule has 2 atom stereocenters. The van der Waals surface area contributed by atoms with Crippen molar-refractivity contribution in [2.24, 2.45) is 0 Å². The van der Waals surface area contributed by atoms with Gasteiger partial charge in [0, 0.05) is 11.6 Å². The molecule has 0 heterocycles. The van der Waals surface area contributed by atoms with Gasteiger partial charge in [-0.05, 0) is 62.8 Å². The first-order valence-electron chi connectivity index (χ1n) is 6.67. The van der Waals surface area contributed by atoms with E-state index in [0.717, 1.165) is 18.4 Å². The highest BCUT2D eigenvalue weighted by Gasteiger charge is 2.15. The summed E-state index contributed by atoms with van der Waals surface area (Å²) < 4.78 is 0. The Hall–Kier alpha value is -1.35. The van der Waals surface area contributed by atoms with E-state index >= 15 is 0 Å². The molecule has 1 aliphatic rings. The molecule has 0 spiro atoms. The summed E-state index contributed by atoms with van der Waals surface area (Å²) >= 11 is 0. The second-order valence-corrected chi connectivity index (χ2v) is 5.30. The lowest BCUT2D eigenvalue weighted by atomic mass is 10.1. The number of aliphatic hydroxyl groups is 1. The van der Waals surface area contributed by atoms with Gasteiger partial charge in [0.2, 0.25) is 0 Å². The summed E-state index contributed by atoms with van der Waals surface area (Å²) in [6.45, 7) is 3.65. The Morgan fingerprint density at radius 3 is 2.78 bits per heavy atom. The number of hydrogen-bond acceptors (Lipinski definition) is 2. The second-order valence-electron chi connectivity index (χ2n) is 5.30. The molecule has 0 saturated carbocycles. The summed E-state index contributed by atoms with van der Waals surface area (Å²) in [5.41, 5.74) is 3.42. The lowest BCUT2D eigenvalue weighted by molar-refractivity contribution is 0.0923. The van der Waals surface area contributed by atoms with Crippen LogP contribution in [0.2, 0.25) is 0 Å². The summed E-state index contributed by atoms with van der Waals surface area (Å²) in [6, 6.07) is 5.96. The Kier molecular flexibility index (Phi) is 4.02. The van der Waals surface area contributed by atoms with Crippen molar-refractivity contribution < 1.29 is 9.90 Å². The Balaban J connectivity index is 2.01. The summed E-state index contributed by atoms with van der Waals surface area (Å²) in [4.78, 5) is 12.0. The van der Waals surface area contributed by atoms with Crippen molar-refractivity contribution in [2.75, 3.05) is 0 Å². The average molecular weight is 247 g/mol.